The number of carbonyl (C=O) groups is 1. The van der Waals surface area contributed by atoms with Crippen molar-refractivity contribution < 1.29 is 19.4 Å². The molecule has 17 heavy (non-hydrogen) atoms. The Morgan fingerprint density at radius 1 is 1.47 bits per heavy atom. The minimum absolute atomic E-state index is 0.0132. The zero-order valence-corrected chi connectivity index (χ0v) is 9.77. The lowest BCUT2D eigenvalue weighted by molar-refractivity contribution is 0.0597. The van der Waals surface area contributed by atoms with Gasteiger partial charge < -0.3 is 20.3 Å². The van der Waals surface area contributed by atoms with Crippen LogP contribution in [0.4, 0.5) is 0 Å². The third kappa shape index (κ3) is 2.98. The second kappa shape index (κ2) is 5.91. The van der Waals surface area contributed by atoms with Crippen LogP contribution >= 0.6 is 0 Å². The van der Waals surface area contributed by atoms with E-state index in [1.54, 1.807) is 12.2 Å². The zero-order valence-electron chi connectivity index (χ0n) is 9.77. The molecule has 0 amide bonds. The van der Waals surface area contributed by atoms with Gasteiger partial charge >= 0.3 is 5.97 Å². The number of benzene rings is 1. The Balaban J connectivity index is 3.27. The fourth-order valence-corrected chi connectivity index (χ4v) is 1.35. The molecule has 0 aliphatic heterocycles. The molecule has 0 aliphatic carbocycles. The van der Waals surface area contributed by atoms with Crippen molar-refractivity contribution in [2.75, 3.05) is 20.8 Å². The van der Waals surface area contributed by atoms with Crippen LogP contribution in [0.2, 0.25) is 0 Å². The van der Waals surface area contributed by atoms with Gasteiger partial charge in [0.1, 0.15) is 17.1 Å². The molecule has 5 heteroatoms. The Bertz CT molecular complexity index is 440. The summed E-state index contributed by atoms with van der Waals surface area (Å²) in [5.41, 5.74) is 6.06. The minimum atomic E-state index is -0.524. The van der Waals surface area contributed by atoms with Gasteiger partial charge in [-0.25, -0.2) is 4.79 Å². The largest absolute Gasteiger partial charge is 0.507 e. The molecule has 0 saturated carbocycles. The van der Waals surface area contributed by atoms with Gasteiger partial charge in [0.25, 0.3) is 0 Å². The summed E-state index contributed by atoms with van der Waals surface area (Å²) in [5, 5.41) is 9.70. The molecule has 0 spiro atoms. The van der Waals surface area contributed by atoms with Gasteiger partial charge in [0.15, 0.2) is 0 Å². The predicted octanol–water partition coefficient (Wildman–Crippen LogP) is 1.16. The van der Waals surface area contributed by atoms with Crippen LogP contribution in [0.15, 0.2) is 18.2 Å². The zero-order chi connectivity index (χ0) is 12.8. The summed E-state index contributed by atoms with van der Waals surface area (Å²) in [5.74, 6) is -0.247. The van der Waals surface area contributed by atoms with Gasteiger partial charge in [0, 0.05) is 18.2 Å². The van der Waals surface area contributed by atoms with Crippen LogP contribution < -0.4 is 10.5 Å². The first-order valence-electron chi connectivity index (χ1n) is 5.00. The first kappa shape index (κ1) is 13.1. The van der Waals surface area contributed by atoms with Crippen LogP contribution in [0, 0.1) is 0 Å². The molecule has 1 rings (SSSR count). The first-order valence-corrected chi connectivity index (χ1v) is 5.00. The highest BCUT2D eigenvalue weighted by atomic mass is 16.5. The van der Waals surface area contributed by atoms with Gasteiger partial charge in [0.2, 0.25) is 0 Å². The number of nitrogens with two attached hydrogens (primary N) is 1. The summed E-state index contributed by atoms with van der Waals surface area (Å²) < 4.78 is 9.63. The Hall–Kier alpha value is -2.01. The fraction of sp³-hybridized carbons (Fsp3) is 0.250. The molecule has 0 unspecified atom stereocenters. The maximum Gasteiger partial charge on any atom is 0.341 e. The average molecular weight is 237 g/mol. The lowest BCUT2D eigenvalue weighted by atomic mass is 10.1. The molecule has 92 valence electrons. The number of phenolic OH excluding ortho intramolecular Hbond substituents is 1. The number of methoxy groups -OCH3 is 2. The van der Waals surface area contributed by atoms with Gasteiger partial charge in [-0.05, 0) is 6.07 Å². The Labute approximate surface area is 99.5 Å². The van der Waals surface area contributed by atoms with Crippen LogP contribution in [0.5, 0.6) is 11.5 Å². The maximum absolute atomic E-state index is 11.5. The number of hydrogen-bond acceptors (Lipinski definition) is 5. The van der Waals surface area contributed by atoms with Crippen LogP contribution in [-0.2, 0) is 4.74 Å². The summed E-state index contributed by atoms with van der Waals surface area (Å²) in [7, 11) is 2.70. The quantitative estimate of drug-likeness (QED) is 0.768. The van der Waals surface area contributed by atoms with Crippen molar-refractivity contribution in [3.63, 3.8) is 0 Å². The summed E-state index contributed by atoms with van der Waals surface area (Å²) in [6, 6.07) is 2.86. The average Bonchev–Trinajstić information content (AvgIpc) is 2.35. The summed E-state index contributed by atoms with van der Waals surface area (Å²) >= 11 is 0. The van der Waals surface area contributed by atoms with Crippen molar-refractivity contribution in [2.24, 2.45) is 5.73 Å². The molecule has 0 saturated heterocycles. The number of carbonyl (C=O) groups excluding carboxylic acids is 1. The number of ether oxygens (including phenoxy) is 2. The second-order valence-electron chi connectivity index (χ2n) is 3.24. The number of aromatic hydroxyl groups is 1. The van der Waals surface area contributed by atoms with Crippen LogP contribution in [0.1, 0.15) is 15.9 Å². The van der Waals surface area contributed by atoms with E-state index in [2.05, 4.69) is 4.74 Å². The van der Waals surface area contributed by atoms with E-state index in [1.807, 2.05) is 0 Å². The number of esters is 1. The molecule has 0 aromatic heterocycles. The van der Waals surface area contributed by atoms with Crippen molar-refractivity contribution in [3.05, 3.63) is 29.3 Å². The van der Waals surface area contributed by atoms with E-state index in [0.717, 1.165) is 0 Å². The van der Waals surface area contributed by atoms with E-state index in [0.29, 0.717) is 12.1 Å². The summed E-state index contributed by atoms with van der Waals surface area (Å²) in [6.45, 7) is 0.346. The lowest BCUT2D eigenvalue weighted by Crippen LogP contribution is -2.04. The van der Waals surface area contributed by atoms with Crippen LogP contribution in [-0.4, -0.2) is 31.8 Å². The van der Waals surface area contributed by atoms with Gasteiger partial charge in [-0.1, -0.05) is 12.2 Å². The smallest absolute Gasteiger partial charge is 0.341 e. The number of rotatable bonds is 4. The highest BCUT2D eigenvalue weighted by Gasteiger charge is 2.15. The van der Waals surface area contributed by atoms with Crippen molar-refractivity contribution in [2.45, 2.75) is 0 Å². The minimum Gasteiger partial charge on any atom is -0.507 e. The van der Waals surface area contributed by atoms with Gasteiger partial charge in [-0.15, -0.1) is 0 Å². The van der Waals surface area contributed by atoms with E-state index in [4.69, 9.17) is 10.5 Å². The molecule has 1 aromatic carbocycles. The third-order valence-electron chi connectivity index (χ3n) is 2.19. The predicted molar refractivity (Wildman–Crippen MR) is 64.1 cm³/mol. The van der Waals surface area contributed by atoms with Crippen molar-refractivity contribution in [1.82, 2.24) is 0 Å². The molecular weight excluding hydrogens is 222 g/mol. The SMILES string of the molecule is COC(=O)c1cc(/C=C/CN)c(O)cc1OC. The molecule has 0 atom stereocenters. The van der Waals surface area contributed by atoms with E-state index in [-0.39, 0.29) is 17.1 Å². The lowest BCUT2D eigenvalue weighted by Gasteiger charge is -2.09. The summed E-state index contributed by atoms with van der Waals surface area (Å²) in [6.07, 6.45) is 3.30. The first-order chi connectivity index (χ1) is 8.13. The molecule has 0 bridgehead atoms. The van der Waals surface area contributed by atoms with Crippen molar-refractivity contribution >= 4 is 12.0 Å². The number of phenols is 1. The van der Waals surface area contributed by atoms with Crippen LogP contribution in [0.25, 0.3) is 6.08 Å². The topological polar surface area (TPSA) is 81.8 Å². The second-order valence-corrected chi connectivity index (χ2v) is 3.24. The molecular formula is C12H15NO4. The van der Waals surface area contributed by atoms with E-state index in [1.165, 1.54) is 26.4 Å². The molecule has 0 fully saturated rings. The Morgan fingerprint density at radius 3 is 2.71 bits per heavy atom. The molecule has 1 aromatic rings. The fourth-order valence-electron chi connectivity index (χ4n) is 1.35. The molecule has 0 aliphatic rings. The van der Waals surface area contributed by atoms with Gasteiger partial charge in [0.05, 0.1) is 14.2 Å². The van der Waals surface area contributed by atoms with Gasteiger partial charge in [-0.3, -0.25) is 0 Å². The van der Waals surface area contributed by atoms with Crippen molar-refractivity contribution in [3.8, 4) is 11.5 Å². The molecule has 5 nitrogen and oxygen atoms in total. The molecule has 0 radical (unpaired) electrons. The number of hydrogen-bond donors (Lipinski definition) is 2. The normalized spacial score (nSPS) is 10.5. The molecule has 0 heterocycles. The highest BCUT2D eigenvalue weighted by molar-refractivity contribution is 5.93. The highest BCUT2D eigenvalue weighted by Crippen LogP contribution is 2.29. The van der Waals surface area contributed by atoms with E-state index < -0.39 is 5.97 Å². The van der Waals surface area contributed by atoms with E-state index in [9.17, 15) is 9.90 Å². The summed E-state index contributed by atoms with van der Waals surface area (Å²) in [4.78, 5) is 11.5. The maximum atomic E-state index is 11.5. The molecule has 3 N–H and O–H groups in total. The third-order valence-corrected chi connectivity index (χ3v) is 2.19. The van der Waals surface area contributed by atoms with Gasteiger partial charge in [-0.2, -0.15) is 0 Å². The Kier molecular flexibility index (Phi) is 4.54. The van der Waals surface area contributed by atoms with Crippen LogP contribution in [0.3, 0.4) is 0 Å². The standard InChI is InChI=1S/C12H15NO4/c1-16-11-7-10(14)8(4-3-5-13)6-9(11)12(15)17-2/h3-4,6-7,14H,5,13H2,1-2H3/b4-3+. The Morgan fingerprint density at radius 2 is 2.18 bits per heavy atom. The monoisotopic (exact) mass is 237 g/mol. The van der Waals surface area contributed by atoms with E-state index >= 15 is 0 Å². The van der Waals surface area contributed by atoms with Crippen molar-refractivity contribution in [1.29, 1.82) is 0 Å².